The molecule has 0 fully saturated rings. The molecule has 6 heteroatoms. The second-order valence-electron chi connectivity index (χ2n) is 4.21. The molecule has 1 aromatic rings. The van der Waals surface area contributed by atoms with Crippen molar-refractivity contribution < 1.29 is 13.2 Å². The first-order valence-electron chi connectivity index (χ1n) is 5.74. The van der Waals surface area contributed by atoms with E-state index >= 15 is 0 Å². The summed E-state index contributed by atoms with van der Waals surface area (Å²) in [6.07, 6.45) is 0.707. The molecular formula is C12H18ClNO3S. The molecule has 102 valence electrons. The van der Waals surface area contributed by atoms with Crippen LogP contribution in [0.5, 0.6) is 0 Å². The summed E-state index contributed by atoms with van der Waals surface area (Å²) in [6.45, 7) is 2.65. The van der Waals surface area contributed by atoms with Crippen molar-refractivity contribution in [2.45, 2.75) is 20.0 Å². The molecule has 0 saturated heterocycles. The molecule has 1 atom stereocenters. The minimum Gasteiger partial charge on any atom is -0.376 e. The van der Waals surface area contributed by atoms with Gasteiger partial charge in [0.05, 0.1) is 19.0 Å². The molecule has 0 heterocycles. The Bertz CT molecular complexity index is 476. The van der Waals surface area contributed by atoms with Crippen LogP contribution in [0.25, 0.3) is 0 Å². The Labute approximate surface area is 113 Å². The van der Waals surface area contributed by atoms with Crippen LogP contribution >= 0.6 is 11.6 Å². The molecule has 0 aliphatic heterocycles. The van der Waals surface area contributed by atoms with Gasteiger partial charge in [0, 0.05) is 5.02 Å². The van der Waals surface area contributed by atoms with E-state index in [9.17, 15) is 8.42 Å². The van der Waals surface area contributed by atoms with Crippen LogP contribution in [0.1, 0.15) is 18.9 Å². The van der Waals surface area contributed by atoms with Crippen molar-refractivity contribution in [2.24, 2.45) is 11.1 Å². The predicted molar refractivity (Wildman–Crippen MR) is 72.9 cm³/mol. The minimum atomic E-state index is -3.44. The van der Waals surface area contributed by atoms with Crippen LogP contribution in [-0.2, 0) is 21.4 Å². The molecule has 0 aromatic heterocycles. The Hall–Kier alpha value is -0.620. The van der Waals surface area contributed by atoms with E-state index in [0.29, 0.717) is 24.7 Å². The van der Waals surface area contributed by atoms with E-state index in [0.717, 1.165) is 5.56 Å². The number of sulfonamides is 1. The van der Waals surface area contributed by atoms with Crippen molar-refractivity contribution in [3.8, 4) is 0 Å². The van der Waals surface area contributed by atoms with Crippen molar-refractivity contribution in [1.29, 1.82) is 0 Å². The SMILES string of the molecule is CCC(COCc1ccccc1Cl)CS(N)(=O)=O. The van der Waals surface area contributed by atoms with E-state index in [1.165, 1.54) is 0 Å². The number of halogens is 1. The summed E-state index contributed by atoms with van der Waals surface area (Å²) in [4.78, 5) is 0. The van der Waals surface area contributed by atoms with Gasteiger partial charge in [-0.3, -0.25) is 0 Å². The zero-order valence-corrected chi connectivity index (χ0v) is 11.9. The summed E-state index contributed by atoms with van der Waals surface area (Å²) in [5.74, 6) is -0.131. The van der Waals surface area contributed by atoms with Crippen LogP contribution in [0.4, 0.5) is 0 Å². The molecule has 1 aromatic carbocycles. The maximum atomic E-state index is 11.0. The summed E-state index contributed by atoms with van der Waals surface area (Å²) in [7, 11) is -3.44. The molecule has 1 rings (SSSR count). The normalized spacial score (nSPS) is 13.5. The zero-order chi connectivity index (χ0) is 13.6. The van der Waals surface area contributed by atoms with E-state index in [1.54, 1.807) is 6.07 Å². The van der Waals surface area contributed by atoms with Crippen molar-refractivity contribution in [3.63, 3.8) is 0 Å². The van der Waals surface area contributed by atoms with Gasteiger partial charge < -0.3 is 4.74 Å². The highest BCUT2D eigenvalue weighted by Gasteiger charge is 2.14. The molecule has 0 spiro atoms. The molecule has 1 unspecified atom stereocenters. The first kappa shape index (κ1) is 15.4. The van der Waals surface area contributed by atoms with E-state index in [2.05, 4.69) is 0 Å². The lowest BCUT2D eigenvalue weighted by Gasteiger charge is -2.14. The molecule has 0 aliphatic carbocycles. The summed E-state index contributed by atoms with van der Waals surface area (Å²) >= 11 is 5.98. The molecule has 0 saturated carbocycles. The van der Waals surface area contributed by atoms with Crippen molar-refractivity contribution in [2.75, 3.05) is 12.4 Å². The quantitative estimate of drug-likeness (QED) is 0.837. The third-order valence-electron chi connectivity index (χ3n) is 2.61. The highest BCUT2D eigenvalue weighted by Crippen LogP contribution is 2.16. The highest BCUT2D eigenvalue weighted by atomic mass is 35.5. The number of primary sulfonamides is 1. The van der Waals surface area contributed by atoms with E-state index in [1.807, 2.05) is 25.1 Å². The maximum Gasteiger partial charge on any atom is 0.209 e. The summed E-state index contributed by atoms with van der Waals surface area (Å²) < 4.78 is 27.5. The Kier molecular flexibility index (Phi) is 6.08. The lowest BCUT2D eigenvalue weighted by atomic mass is 10.1. The lowest BCUT2D eigenvalue weighted by Crippen LogP contribution is -2.25. The Morgan fingerprint density at radius 1 is 1.39 bits per heavy atom. The van der Waals surface area contributed by atoms with Crippen LogP contribution in [0.3, 0.4) is 0 Å². The number of nitrogens with two attached hydrogens (primary N) is 1. The van der Waals surface area contributed by atoms with Gasteiger partial charge in [-0.05, 0) is 17.5 Å². The Morgan fingerprint density at radius 3 is 2.61 bits per heavy atom. The molecule has 4 nitrogen and oxygen atoms in total. The van der Waals surface area contributed by atoms with E-state index in [4.69, 9.17) is 21.5 Å². The van der Waals surface area contributed by atoms with Crippen molar-refractivity contribution in [1.82, 2.24) is 0 Å². The summed E-state index contributed by atoms with van der Waals surface area (Å²) in [5.41, 5.74) is 0.893. The summed E-state index contributed by atoms with van der Waals surface area (Å²) in [6, 6.07) is 7.40. The van der Waals surface area contributed by atoms with Crippen LogP contribution in [0, 0.1) is 5.92 Å². The third-order valence-corrected chi connectivity index (χ3v) is 3.92. The van der Waals surface area contributed by atoms with Gasteiger partial charge in [-0.2, -0.15) is 0 Å². The topological polar surface area (TPSA) is 69.4 Å². The molecule has 0 amide bonds. The molecule has 0 aliphatic rings. The average Bonchev–Trinajstić information content (AvgIpc) is 2.28. The number of rotatable bonds is 7. The van der Waals surface area contributed by atoms with Crippen LogP contribution in [-0.4, -0.2) is 20.8 Å². The first-order valence-corrected chi connectivity index (χ1v) is 7.83. The van der Waals surface area contributed by atoms with Crippen molar-refractivity contribution >= 4 is 21.6 Å². The highest BCUT2D eigenvalue weighted by molar-refractivity contribution is 7.89. The van der Waals surface area contributed by atoms with Crippen LogP contribution in [0.15, 0.2) is 24.3 Å². The van der Waals surface area contributed by atoms with Gasteiger partial charge in [0.1, 0.15) is 0 Å². The van der Waals surface area contributed by atoms with Gasteiger partial charge in [-0.1, -0.05) is 43.1 Å². The maximum absolute atomic E-state index is 11.0. The average molecular weight is 292 g/mol. The molecule has 0 radical (unpaired) electrons. The van der Waals surface area contributed by atoms with Gasteiger partial charge >= 0.3 is 0 Å². The van der Waals surface area contributed by atoms with Crippen molar-refractivity contribution in [3.05, 3.63) is 34.9 Å². The smallest absolute Gasteiger partial charge is 0.209 e. The fourth-order valence-electron chi connectivity index (χ4n) is 1.56. The van der Waals surface area contributed by atoms with Gasteiger partial charge in [0.25, 0.3) is 0 Å². The van der Waals surface area contributed by atoms with Crippen LogP contribution < -0.4 is 5.14 Å². The third kappa shape index (κ3) is 5.82. The van der Waals surface area contributed by atoms with Gasteiger partial charge in [-0.25, -0.2) is 13.6 Å². The minimum absolute atomic E-state index is 0.0496. The van der Waals surface area contributed by atoms with Gasteiger partial charge in [0.15, 0.2) is 0 Å². The number of hydrogen-bond donors (Lipinski definition) is 1. The standard InChI is InChI=1S/C12H18ClNO3S/c1-2-10(9-18(14,15)16)7-17-8-11-5-3-4-6-12(11)13/h3-6,10H,2,7-9H2,1H3,(H2,14,15,16). The summed E-state index contributed by atoms with van der Waals surface area (Å²) in [5, 5.41) is 5.66. The van der Waals surface area contributed by atoms with Gasteiger partial charge in [0.2, 0.25) is 10.0 Å². The lowest BCUT2D eigenvalue weighted by molar-refractivity contribution is 0.0918. The molecular weight excluding hydrogens is 274 g/mol. The molecule has 0 bridgehead atoms. The van der Waals surface area contributed by atoms with E-state index < -0.39 is 10.0 Å². The Morgan fingerprint density at radius 2 is 2.06 bits per heavy atom. The van der Waals surface area contributed by atoms with Crippen LogP contribution in [0.2, 0.25) is 5.02 Å². The first-order chi connectivity index (χ1) is 8.42. The second kappa shape index (κ2) is 7.09. The number of benzene rings is 1. The zero-order valence-electron chi connectivity index (χ0n) is 10.3. The molecule has 18 heavy (non-hydrogen) atoms. The Balaban J connectivity index is 2.43. The second-order valence-corrected chi connectivity index (χ2v) is 6.28. The fraction of sp³-hybridized carbons (Fsp3) is 0.500. The predicted octanol–water partition coefficient (Wildman–Crippen LogP) is 2.17. The number of ether oxygens (including phenoxy) is 1. The number of hydrogen-bond acceptors (Lipinski definition) is 3. The van der Waals surface area contributed by atoms with E-state index in [-0.39, 0.29) is 11.7 Å². The fourth-order valence-corrected chi connectivity index (χ4v) is 2.74. The monoisotopic (exact) mass is 291 g/mol. The largest absolute Gasteiger partial charge is 0.376 e. The van der Waals surface area contributed by atoms with Gasteiger partial charge in [-0.15, -0.1) is 0 Å². The molecule has 2 N–H and O–H groups in total.